The number of H-pyrrole nitrogens is 1. The number of aromatic amines is 1. The van der Waals surface area contributed by atoms with Crippen LogP contribution in [0.25, 0.3) is 22.4 Å². The Bertz CT molecular complexity index is 1460. The fourth-order valence-corrected chi connectivity index (χ4v) is 4.97. The third-order valence-corrected chi connectivity index (χ3v) is 7.19. The van der Waals surface area contributed by atoms with E-state index in [1.54, 1.807) is 11.1 Å². The molecule has 1 aliphatic heterocycles. The third kappa shape index (κ3) is 5.85. The lowest BCUT2D eigenvalue weighted by atomic mass is 10.0. The summed E-state index contributed by atoms with van der Waals surface area (Å²) in [4.78, 5) is 30.9. The molecule has 0 bridgehead atoms. The van der Waals surface area contributed by atoms with Gasteiger partial charge in [0, 0.05) is 12.7 Å². The highest BCUT2D eigenvalue weighted by atomic mass is 19.4. The van der Waals surface area contributed by atoms with Crippen molar-refractivity contribution in [1.82, 2.24) is 24.8 Å². The molecule has 0 spiro atoms. The van der Waals surface area contributed by atoms with Crippen LogP contribution in [0.15, 0.2) is 67.0 Å². The first-order valence-corrected chi connectivity index (χ1v) is 13.3. The summed E-state index contributed by atoms with van der Waals surface area (Å²) in [7, 11) is 0. The average molecular weight is 549 g/mol. The summed E-state index contributed by atoms with van der Waals surface area (Å²) >= 11 is 0. The first-order chi connectivity index (χ1) is 19.1. The minimum absolute atomic E-state index is 0.217. The van der Waals surface area contributed by atoms with Gasteiger partial charge in [-0.15, -0.1) is 0 Å². The van der Waals surface area contributed by atoms with Gasteiger partial charge in [0.25, 0.3) is 0 Å². The normalized spacial score (nSPS) is 16.4. The molecule has 2 N–H and O–H groups in total. The smallest absolute Gasteiger partial charge is 0.342 e. The van der Waals surface area contributed by atoms with Gasteiger partial charge in [0.1, 0.15) is 17.6 Å². The minimum atomic E-state index is -4.60. The van der Waals surface area contributed by atoms with Crippen molar-refractivity contribution < 1.29 is 18.0 Å². The van der Waals surface area contributed by atoms with Crippen LogP contribution in [-0.4, -0.2) is 43.3 Å². The van der Waals surface area contributed by atoms with Gasteiger partial charge in [-0.1, -0.05) is 67.9 Å². The summed E-state index contributed by atoms with van der Waals surface area (Å²) in [5.74, 6) is 0.0123. The quantitative estimate of drug-likeness (QED) is 0.270. The highest BCUT2D eigenvalue weighted by molar-refractivity contribution is 5.85. The second kappa shape index (κ2) is 11.1. The number of likely N-dealkylation sites (tertiary alicyclic amines) is 1. The maximum atomic E-state index is 13.7. The molecule has 3 heterocycles. The molecule has 4 aromatic rings. The topological polar surface area (TPSA) is 86.8 Å². The molecule has 0 radical (unpaired) electrons. The monoisotopic (exact) mass is 548 g/mol. The Labute approximate surface area is 230 Å². The molecule has 2 aromatic heterocycles. The summed E-state index contributed by atoms with van der Waals surface area (Å²) in [6, 6.07) is 16.3. The number of carbonyl (C=O) groups is 1. The van der Waals surface area contributed by atoms with Crippen LogP contribution < -0.4 is 5.32 Å². The highest BCUT2D eigenvalue weighted by Gasteiger charge is 2.38. The molecule has 0 saturated carbocycles. The number of carbonyl (C=O) groups excluding carboxylic acids is 1. The lowest BCUT2D eigenvalue weighted by Crippen LogP contribution is -2.45. The first-order valence-electron chi connectivity index (χ1n) is 13.3. The summed E-state index contributed by atoms with van der Waals surface area (Å²) in [5.41, 5.74) is 4.24. The van der Waals surface area contributed by atoms with Gasteiger partial charge >= 0.3 is 6.18 Å². The Hall–Kier alpha value is -4.21. The van der Waals surface area contributed by atoms with E-state index in [4.69, 9.17) is 0 Å². The van der Waals surface area contributed by atoms with Crippen LogP contribution in [0.2, 0.25) is 0 Å². The fourth-order valence-electron chi connectivity index (χ4n) is 4.97. The van der Waals surface area contributed by atoms with Crippen molar-refractivity contribution in [2.75, 3.05) is 11.9 Å². The van der Waals surface area contributed by atoms with Gasteiger partial charge in [-0.3, -0.25) is 4.79 Å². The largest absolute Gasteiger partial charge is 0.433 e. The van der Waals surface area contributed by atoms with Crippen LogP contribution in [0.4, 0.5) is 19.1 Å². The molecule has 1 amide bonds. The molecular formula is C30H31F3N6O. The van der Waals surface area contributed by atoms with Crippen molar-refractivity contribution in [3.05, 3.63) is 84.1 Å². The number of nitrogens with zero attached hydrogens (tertiary/aromatic N) is 4. The van der Waals surface area contributed by atoms with Gasteiger partial charge in [-0.25, -0.2) is 15.0 Å². The number of halogens is 3. The van der Waals surface area contributed by atoms with Crippen LogP contribution in [0.5, 0.6) is 0 Å². The highest BCUT2D eigenvalue weighted by Crippen LogP contribution is 2.34. The number of aromatic nitrogens is 4. The predicted octanol–water partition coefficient (Wildman–Crippen LogP) is 6.66. The summed E-state index contributed by atoms with van der Waals surface area (Å²) in [6.45, 7) is 6.25. The van der Waals surface area contributed by atoms with Crippen LogP contribution in [0.1, 0.15) is 49.8 Å². The Morgan fingerprint density at radius 3 is 2.30 bits per heavy atom. The zero-order valence-electron chi connectivity index (χ0n) is 22.5. The molecule has 2 atom stereocenters. The molecule has 0 aliphatic carbocycles. The van der Waals surface area contributed by atoms with E-state index in [0.29, 0.717) is 12.4 Å². The lowest BCUT2D eigenvalue weighted by molar-refractivity contribution is -0.141. The summed E-state index contributed by atoms with van der Waals surface area (Å²) in [5, 5.41) is 2.85. The second-order valence-corrected chi connectivity index (χ2v) is 10.4. The van der Waals surface area contributed by atoms with E-state index in [0.717, 1.165) is 47.5 Å². The molecule has 1 fully saturated rings. The van der Waals surface area contributed by atoms with Crippen LogP contribution in [0, 0.1) is 12.8 Å². The number of aryl methyl sites for hydroxylation is 1. The standard InChI is InChI=1S/C30H31F3N6O/c1-18(2)26(38-29-34-15-14-25(37-29)30(31,32)33)28(40)39-16-4-5-24(39)27-35-17-23(36-27)22-12-10-21(11-13-22)20-8-6-19(3)7-9-20/h6-15,17-18,24,26H,4-5,16H2,1-3H3,(H,35,36)(H,34,37,38)/t24-,26-/m0/s1. The molecule has 0 unspecified atom stereocenters. The van der Waals surface area contributed by atoms with E-state index in [2.05, 4.69) is 68.6 Å². The lowest BCUT2D eigenvalue weighted by Gasteiger charge is -2.30. The predicted molar refractivity (Wildman–Crippen MR) is 147 cm³/mol. The van der Waals surface area contributed by atoms with E-state index in [9.17, 15) is 18.0 Å². The number of hydrogen-bond donors (Lipinski definition) is 2. The second-order valence-electron chi connectivity index (χ2n) is 10.4. The zero-order chi connectivity index (χ0) is 28.4. The molecular weight excluding hydrogens is 517 g/mol. The Kier molecular flexibility index (Phi) is 7.60. The van der Waals surface area contributed by atoms with Crippen molar-refractivity contribution >= 4 is 11.9 Å². The Morgan fingerprint density at radius 2 is 1.65 bits per heavy atom. The van der Waals surface area contributed by atoms with Crippen LogP contribution in [0.3, 0.4) is 0 Å². The maximum absolute atomic E-state index is 13.7. The van der Waals surface area contributed by atoms with E-state index in [-0.39, 0.29) is 23.8 Å². The molecule has 1 saturated heterocycles. The SMILES string of the molecule is Cc1ccc(-c2ccc(-c3cnc([C@@H]4CCCN4C(=O)[C@@H](Nc4nccc(C(F)(F)F)n4)C(C)C)[nH]3)cc2)cc1. The molecule has 40 heavy (non-hydrogen) atoms. The number of imidazole rings is 1. The maximum Gasteiger partial charge on any atom is 0.433 e. The van der Waals surface area contributed by atoms with Gasteiger partial charge in [-0.2, -0.15) is 13.2 Å². The number of anilines is 1. The molecule has 208 valence electrons. The van der Waals surface area contributed by atoms with Crippen molar-refractivity contribution in [3.8, 4) is 22.4 Å². The van der Waals surface area contributed by atoms with Crippen LogP contribution in [-0.2, 0) is 11.0 Å². The zero-order valence-corrected chi connectivity index (χ0v) is 22.5. The first kappa shape index (κ1) is 27.4. The third-order valence-electron chi connectivity index (χ3n) is 7.19. The Morgan fingerprint density at radius 1 is 1.00 bits per heavy atom. The molecule has 1 aliphatic rings. The molecule has 5 rings (SSSR count). The number of nitrogens with one attached hydrogen (secondary N) is 2. The van der Waals surface area contributed by atoms with E-state index >= 15 is 0 Å². The number of hydrogen-bond acceptors (Lipinski definition) is 5. The molecule has 2 aromatic carbocycles. The van der Waals surface area contributed by atoms with Gasteiger partial charge < -0.3 is 15.2 Å². The number of amides is 1. The number of alkyl halides is 3. The van der Waals surface area contributed by atoms with Crippen molar-refractivity contribution in [2.24, 2.45) is 5.92 Å². The number of rotatable bonds is 7. The Balaban J connectivity index is 1.32. The van der Waals surface area contributed by atoms with E-state index < -0.39 is 17.9 Å². The molecule has 7 nitrogen and oxygen atoms in total. The molecule has 10 heteroatoms. The fraction of sp³-hybridized carbons (Fsp3) is 0.333. The van der Waals surface area contributed by atoms with Crippen molar-refractivity contribution in [2.45, 2.75) is 51.9 Å². The van der Waals surface area contributed by atoms with Gasteiger partial charge in [-0.05, 0) is 48.4 Å². The van der Waals surface area contributed by atoms with Gasteiger partial charge in [0.05, 0.1) is 17.9 Å². The number of benzene rings is 2. The average Bonchev–Trinajstić information content (AvgIpc) is 3.62. The minimum Gasteiger partial charge on any atom is -0.342 e. The van der Waals surface area contributed by atoms with Gasteiger partial charge in [0.15, 0.2) is 0 Å². The summed E-state index contributed by atoms with van der Waals surface area (Å²) < 4.78 is 39.4. The van der Waals surface area contributed by atoms with E-state index in [1.807, 2.05) is 26.0 Å². The van der Waals surface area contributed by atoms with Crippen molar-refractivity contribution in [3.63, 3.8) is 0 Å². The van der Waals surface area contributed by atoms with Crippen molar-refractivity contribution in [1.29, 1.82) is 0 Å². The summed E-state index contributed by atoms with van der Waals surface area (Å²) in [6.07, 6.45) is -0.268. The van der Waals surface area contributed by atoms with Crippen LogP contribution >= 0.6 is 0 Å². The van der Waals surface area contributed by atoms with Gasteiger partial charge in [0.2, 0.25) is 11.9 Å². The van der Waals surface area contributed by atoms with E-state index in [1.165, 1.54) is 5.56 Å².